The molecule has 0 spiro atoms. The Hall–Kier alpha value is -1.31. The second-order valence-electron chi connectivity index (χ2n) is 8.44. The molecule has 0 radical (unpaired) electrons. The smallest absolute Gasteiger partial charge is 0.309 e. The molecule has 112 valence electrons. The Morgan fingerprint density at radius 1 is 1.05 bits per heavy atom. The van der Waals surface area contributed by atoms with Crippen LogP contribution in [0.5, 0.6) is 0 Å². The number of carboxylic acid groups (broad SMARTS) is 1. The van der Waals surface area contributed by atoms with Crippen LogP contribution < -0.4 is 0 Å². The first kappa shape index (κ1) is 13.4. The number of rotatable bonds is 2. The third kappa shape index (κ3) is 1.62. The molecule has 4 saturated carbocycles. The zero-order valence-corrected chi connectivity index (χ0v) is 12.9. The van der Waals surface area contributed by atoms with E-state index >= 15 is 0 Å². The van der Waals surface area contributed by atoms with Crippen LogP contribution in [0.4, 0.5) is 0 Å². The maximum absolute atomic E-state index is 12.0. The maximum Gasteiger partial charge on any atom is 0.309 e. The zero-order valence-electron chi connectivity index (χ0n) is 12.9. The molecule has 2 nitrogen and oxygen atoms in total. The summed E-state index contributed by atoms with van der Waals surface area (Å²) in [6.45, 7) is 4.74. The highest BCUT2D eigenvalue weighted by Gasteiger charge is 2.66. The summed E-state index contributed by atoms with van der Waals surface area (Å²) in [6.07, 6.45) is 4.98. The summed E-state index contributed by atoms with van der Waals surface area (Å²) < 4.78 is 0. The molecule has 2 heteroatoms. The Kier molecular flexibility index (Phi) is 2.49. The molecule has 1 aromatic rings. The van der Waals surface area contributed by atoms with Gasteiger partial charge in [-0.25, -0.2) is 0 Å². The van der Waals surface area contributed by atoms with Crippen molar-refractivity contribution in [3.05, 3.63) is 35.9 Å². The molecule has 1 aromatic carbocycles. The SMILES string of the molecule is CC1(C)C2CC3(C(=O)O)CC1CC(c1ccccc1)(C2)C3. The summed E-state index contributed by atoms with van der Waals surface area (Å²) in [5.41, 5.74) is 1.33. The van der Waals surface area contributed by atoms with E-state index in [0.29, 0.717) is 17.3 Å². The number of carbonyl (C=O) groups is 1. The fourth-order valence-corrected chi connectivity index (χ4v) is 5.90. The highest BCUT2D eigenvalue weighted by molar-refractivity contribution is 5.76. The number of benzene rings is 1. The van der Waals surface area contributed by atoms with E-state index in [-0.39, 0.29) is 5.41 Å². The van der Waals surface area contributed by atoms with Crippen molar-refractivity contribution in [1.29, 1.82) is 0 Å². The van der Waals surface area contributed by atoms with E-state index in [1.165, 1.54) is 18.4 Å². The van der Waals surface area contributed by atoms with E-state index in [1.54, 1.807) is 0 Å². The standard InChI is InChI=1S/C19H24O2/c1-17(2)14-8-18(13-6-4-3-5-7-13)9-15(17)11-19(10-14,12-18)16(20)21/h3-7,14-15H,8-12H2,1-2H3,(H,20,21). The first-order valence-corrected chi connectivity index (χ1v) is 8.17. The summed E-state index contributed by atoms with van der Waals surface area (Å²) in [6, 6.07) is 10.7. The molecule has 4 bridgehead atoms. The predicted octanol–water partition coefficient (Wildman–Crippen LogP) is 4.25. The molecule has 4 aliphatic carbocycles. The lowest BCUT2D eigenvalue weighted by Gasteiger charge is -2.67. The molecule has 2 unspecified atom stereocenters. The molecular formula is C19H24O2. The van der Waals surface area contributed by atoms with Crippen LogP contribution in [-0.2, 0) is 10.2 Å². The molecule has 5 rings (SSSR count). The summed E-state index contributed by atoms with van der Waals surface area (Å²) in [5.74, 6) is 0.554. The topological polar surface area (TPSA) is 37.3 Å². The molecule has 21 heavy (non-hydrogen) atoms. The summed E-state index contributed by atoms with van der Waals surface area (Å²) in [7, 11) is 0. The molecular weight excluding hydrogens is 260 g/mol. The molecule has 2 atom stereocenters. The minimum atomic E-state index is -0.548. The van der Waals surface area contributed by atoms with Crippen LogP contribution in [0.3, 0.4) is 0 Å². The maximum atomic E-state index is 12.0. The quantitative estimate of drug-likeness (QED) is 0.881. The van der Waals surface area contributed by atoms with E-state index < -0.39 is 11.4 Å². The van der Waals surface area contributed by atoms with E-state index in [4.69, 9.17) is 0 Å². The van der Waals surface area contributed by atoms with Crippen molar-refractivity contribution < 1.29 is 9.90 Å². The number of hydrogen-bond donors (Lipinski definition) is 1. The molecule has 1 N–H and O–H groups in total. The molecule has 0 aromatic heterocycles. The van der Waals surface area contributed by atoms with Gasteiger partial charge in [0.25, 0.3) is 0 Å². The van der Waals surface area contributed by atoms with Gasteiger partial charge in [0.15, 0.2) is 0 Å². The molecule has 0 amide bonds. The first-order valence-electron chi connectivity index (χ1n) is 8.17. The van der Waals surface area contributed by atoms with Crippen molar-refractivity contribution in [3.63, 3.8) is 0 Å². The average molecular weight is 284 g/mol. The van der Waals surface area contributed by atoms with Crippen molar-refractivity contribution in [2.45, 2.75) is 51.4 Å². The van der Waals surface area contributed by atoms with Crippen LogP contribution in [0, 0.1) is 22.7 Å². The zero-order chi connectivity index (χ0) is 14.9. The van der Waals surface area contributed by atoms with Crippen LogP contribution >= 0.6 is 0 Å². The Morgan fingerprint density at radius 3 is 2.14 bits per heavy atom. The van der Waals surface area contributed by atoms with Crippen molar-refractivity contribution >= 4 is 5.97 Å². The second-order valence-corrected chi connectivity index (χ2v) is 8.44. The van der Waals surface area contributed by atoms with Gasteiger partial charge in [0.05, 0.1) is 5.41 Å². The Bertz CT molecular complexity index is 569. The fourth-order valence-electron chi connectivity index (χ4n) is 5.90. The summed E-state index contributed by atoms with van der Waals surface area (Å²) >= 11 is 0. The average Bonchev–Trinajstić information content (AvgIpc) is 2.45. The van der Waals surface area contributed by atoms with Gasteiger partial charge in [0.1, 0.15) is 0 Å². The number of carboxylic acids is 1. The van der Waals surface area contributed by atoms with Crippen LogP contribution in [0.25, 0.3) is 0 Å². The van der Waals surface area contributed by atoms with Crippen molar-refractivity contribution in [2.75, 3.05) is 0 Å². The van der Waals surface area contributed by atoms with Crippen molar-refractivity contribution in [2.24, 2.45) is 22.7 Å². The first-order chi connectivity index (χ1) is 9.88. The molecule has 0 aliphatic heterocycles. The lowest BCUT2D eigenvalue weighted by atomic mass is 9.37. The van der Waals surface area contributed by atoms with E-state index in [0.717, 1.165) is 19.3 Å². The van der Waals surface area contributed by atoms with E-state index in [1.807, 2.05) is 0 Å². The highest BCUT2D eigenvalue weighted by atomic mass is 16.4. The Labute approximate surface area is 126 Å². The Balaban J connectivity index is 1.84. The van der Waals surface area contributed by atoms with Gasteiger partial charge in [-0.1, -0.05) is 44.2 Å². The van der Waals surface area contributed by atoms with Gasteiger partial charge >= 0.3 is 5.97 Å². The van der Waals surface area contributed by atoms with E-state index in [2.05, 4.69) is 44.2 Å². The van der Waals surface area contributed by atoms with Gasteiger partial charge < -0.3 is 5.11 Å². The highest BCUT2D eigenvalue weighted by Crippen LogP contribution is 2.70. The fraction of sp³-hybridized carbons (Fsp3) is 0.632. The van der Waals surface area contributed by atoms with Gasteiger partial charge in [-0.3, -0.25) is 4.79 Å². The van der Waals surface area contributed by atoms with Gasteiger partial charge in [-0.15, -0.1) is 0 Å². The monoisotopic (exact) mass is 284 g/mol. The Morgan fingerprint density at radius 2 is 1.62 bits per heavy atom. The molecule has 4 fully saturated rings. The van der Waals surface area contributed by atoms with Crippen molar-refractivity contribution in [1.82, 2.24) is 0 Å². The second kappa shape index (κ2) is 3.91. The number of hydrogen-bond acceptors (Lipinski definition) is 1. The van der Waals surface area contributed by atoms with Crippen LogP contribution in [0.15, 0.2) is 30.3 Å². The lowest BCUT2D eigenvalue weighted by Crippen LogP contribution is -2.62. The van der Waals surface area contributed by atoms with Gasteiger partial charge in [-0.05, 0) is 60.3 Å². The van der Waals surface area contributed by atoms with Crippen LogP contribution in [0.2, 0.25) is 0 Å². The lowest BCUT2D eigenvalue weighted by molar-refractivity contribution is -0.186. The van der Waals surface area contributed by atoms with Gasteiger partial charge in [0.2, 0.25) is 0 Å². The van der Waals surface area contributed by atoms with Crippen LogP contribution in [0.1, 0.15) is 51.5 Å². The molecule has 0 heterocycles. The normalized spacial score (nSPS) is 43.0. The minimum Gasteiger partial charge on any atom is -0.481 e. The van der Waals surface area contributed by atoms with Crippen LogP contribution in [-0.4, -0.2) is 11.1 Å². The largest absolute Gasteiger partial charge is 0.481 e. The number of aliphatic carboxylic acids is 1. The van der Waals surface area contributed by atoms with Gasteiger partial charge in [-0.2, -0.15) is 0 Å². The van der Waals surface area contributed by atoms with E-state index in [9.17, 15) is 9.90 Å². The predicted molar refractivity (Wildman–Crippen MR) is 82.0 cm³/mol. The third-order valence-corrected chi connectivity index (χ3v) is 7.17. The van der Waals surface area contributed by atoms with Crippen molar-refractivity contribution in [3.8, 4) is 0 Å². The van der Waals surface area contributed by atoms with Gasteiger partial charge in [0, 0.05) is 0 Å². The third-order valence-electron chi connectivity index (χ3n) is 7.17. The summed E-state index contributed by atoms with van der Waals surface area (Å²) in [4.78, 5) is 12.0. The molecule has 4 aliphatic rings. The molecule has 0 saturated heterocycles. The minimum absolute atomic E-state index is 0.112. The summed E-state index contributed by atoms with van der Waals surface area (Å²) in [5, 5.41) is 9.91.